The van der Waals surface area contributed by atoms with Gasteiger partial charge in [0.2, 0.25) is 5.89 Å². The molecule has 18 heavy (non-hydrogen) atoms. The zero-order chi connectivity index (χ0) is 12.8. The van der Waals surface area contributed by atoms with Gasteiger partial charge in [-0.15, -0.1) is 0 Å². The molecule has 1 N–H and O–H groups in total. The van der Waals surface area contributed by atoms with E-state index in [1.807, 2.05) is 7.05 Å². The first-order chi connectivity index (χ1) is 8.85. The molecule has 2 unspecified atom stereocenters. The number of likely N-dealkylation sites (N-methyl/N-ethyl adjacent to an activating group) is 1. The monoisotopic (exact) mass is 255 g/mol. The van der Waals surface area contributed by atoms with Crippen LogP contribution in [0.25, 0.3) is 0 Å². The summed E-state index contributed by atoms with van der Waals surface area (Å²) in [5, 5.41) is 7.29. The largest absolute Gasteiger partial charge is 0.385 e. The minimum absolute atomic E-state index is 0.160. The number of nitrogens with zero attached hydrogens (tertiary/aromatic N) is 2. The van der Waals surface area contributed by atoms with Crippen LogP contribution in [0.2, 0.25) is 0 Å². The van der Waals surface area contributed by atoms with Gasteiger partial charge in [-0.25, -0.2) is 0 Å². The average Bonchev–Trinajstić information content (AvgIpc) is 2.88. The number of nitrogens with one attached hydrogen (secondary N) is 1. The van der Waals surface area contributed by atoms with Crippen LogP contribution in [-0.4, -0.2) is 50.2 Å². The second kappa shape index (κ2) is 6.82. The van der Waals surface area contributed by atoms with Gasteiger partial charge in [0.1, 0.15) is 0 Å². The molecule has 1 aromatic heterocycles. The fourth-order valence-electron chi connectivity index (χ4n) is 2.22. The number of rotatable bonds is 6. The van der Waals surface area contributed by atoms with Crippen molar-refractivity contribution in [3.8, 4) is 0 Å². The van der Waals surface area contributed by atoms with E-state index in [-0.39, 0.29) is 5.92 Å². The van der Waals surface area contributed by atoms with Crippen LogP contribution >= 0.6 is 0 Å². The van der Waals surface area contributed by atoms with Gasteiger partial charge < -0.3 is 19.3 Å². The molecule has 1 aromatic rings. The quantitative estimate of drug-likeness (QED) is 0.756. The molecule has 6 nitrogen and oxygen atoms in total. The molecule has 1 aliphatic heterocycles. The number of ether oxygens (including phenoxy) is 2. The van der Waals surface area contributed by atoms with E-state index in [0.29, 0.717) is 18.5 Å². The summed E-state index contributed by atoms with van der Waals surface area (Å²) < 4.78 is 15.8. The Morgan fingerprint density at radius 2 is 2.39 bits per heavy atom. The highest BCUT2D eigenvalue weighted by Crippen LogP contribution is 2.24. The van der Waals surface area contributed by atoms with Gasteiger partial charge in [0.05, 0.1) is 12.5 Å². The van der Waals surface area contributed by atoms with Gasteiger partial charge in [0.25, 0.3) is 0 Å². The van der Waals surface area contributed by atoms with Gasteiger partial charge in [-0.1, -0.05) is 5.16 Å². The predicted molar refractivity (Wildman–Crippen MR) is 65.5 cm³/mol. The van der Waals surface area contributed by atoms with Crippen molar-refractivity contribution >= 4 is 0 Å². The van der Waals surface area contributed by atoms with Gasteiger partial charge in [-0.2, -0.15) is 4.98 Å². The minimum atomic E-state index is 0.160. The number of hydrogen-bond acceptors (Lipinski definition) is 6. The predicted octanol–water partition coefficient (Wildman–Crippen LogP) is 0.740. The Labute approximate surface area is 107 Å². The third-order valence-electron chi connectivity index (χ3n) is 3.28. The van der Waals surface area contributed by atoms with Crippen molar-refractivity contribution < 1.29 is 14.0 Å². The van der Waals surface area contributed by atoms with E-state index in [4.69, 9.17) is 14.0 Å². The normalized spacial score (nSPS) is 24.3. The average molecular weight is 255 g/mol. The standard InChI is InChI=1S/C12H21N3O3/c1-13-10-5-7-17-8-9(10)12-14-11(15-18-12)4-3-6-16-2/h9-10,13H,3-8H2,1-2H3. The van der Waals surface area contributed by atoms with Gasteiger partial charge in [-0.3, -0.25) is 0 Å². The molecule has 2 atom stereocenters. The molecule has 0 aromatic carbocycles. The van der Waals surface area contributed by atoms with E-state index in [9.17, 15) is 0 Å². The molecule has 6 heteroatoms. The lowest BCUT2D eigenvalue weighted by Gasteiger charge is -2.28. The molecule has 0 bridgehead atoms. The summed E-state index contributed by atoms with van der Waals surface area (Å²) in [6.45, 7) is 2.15. The van der Waals surface area contributed by atoms with Crippen LogP contribution in [0.4, 0.5) is 0 Å². The van der Waals surface area contributed by atoms with Crippen molar-refractivity contribution in [2.24, 2.45) is 0 Å². The number of aromatic nitrogens is 2. The Kier molecular flexibility index (Phi) is 5.10. The van der Waals surface area contributed by atoms with Crippen molar-refractivity contribution in [1.29, 1.82) is 0 Å². The molecule has 2 heterocycles. The topological polar surface area (TPSA) is 69.4 Å². The lowest BCUT2D eigenvalue weighted by atomic mass is 9.96. The molecule has 1 fully saturated rings. The maximum absolute atomic E-state index is 5.49. The SMILES string of the molecule is CNC1CCOCC1c1nc(CCCOC)no1. The smallest absolute Gasteiger partial charge is 0.233 e. The molecule has 102 valence electrons. The first-order valence-corrected chi connectivity index (χ1v) is 6.41. The molecule has 1 saturated heterocycles. The summed E-state index contributed by atoms with van der Waals surface area (Å²) >= 11 is 0. The van der Waals surface area contributed by atoms with Crippen LogP contribution in [0.3, 0.4) is 0 Å². The van der Waals surface area contributed by atoms with Crippen molar-refractivity contribution in [3.05, 3.63) is 11.7 Å². The van der Waals surface area contributed by atoms with E-state index in [0.717, 1.165) is 38.3 Å². The fourth-order valence-corrected chi connectivity index (χ4v) is 2.22. The highest BCUT2D eigenvalue weighted by Gasteiger charge is 2.30. The van der Waals surface area contributed by atoms with E-state index >= 15 is 0 Å². The highest BCUT2D eigenvalue weighted by atomic mass is 16.5. The van der Waals surface area contributed by atoms with Crippen LogP contribution < -0.4 is 5.32 Å². The Morgan fingerprint density at radius 1 is 1.50 bits per heavy atom. The van der Waals surface area contributed by atoms with E-state index in [1.165, 1.54) is 0 Å². The van der Waals surface area contributed by atoms with Crippen molar-refractivity contribution in [3.63, 3.8) is 0 Å². The number of hydrogen-bond donors (Lipinski definition) is 1. The van der Waals surface area contributed by atoms with E-state index < -0.39 is 0 Å². The lowest BCUT2D eigenvalue weighted by Crippen LogP contribution is -2.39. The molecule has 0 spiro atoms. The van der Waals surface area contributed by atoms with Gasteiger partial charge in [0.15, 0.2) is 5.82 Å². The molecule has 0 saturated carbocycles. The number of methoxy groups -OCH3 is 1. The first-order valence-electron chi connectivity index (χ1n) is 6.41. The molecule has 0 radical (unpaired) electrons. The lowest BCUT2D eigenvalue weighted by molar-refractivity contribution is 0.0516. The summed E-state index contributed by atoms with van der Waals surface area (Å²) in [7, 11) is 3.65. The fraction of sp³-hybridized carbons (Fsp3) is 0.833. The van der Waals surface area contributed by atoms with Crippen LogP contribution in [0.1, 0.15) is 30.5 Å². The highest BCUT2D eigenvalue weighted by molar-refractivity contribution is 5.01. The Morgan fingerprint density at radius 3 is 3.17 bits per heavy atom. The Bertz CT molecular complexity index is 356. The summed E-state index contributed by atoms with van der Waals surface area (Å²) in [6, 6.07) is 0.353. The van der Waals surface area contributed by atoms with Crippen molar-refractivity contribution in [2.75, 3.05) is 34.0 Å². The third-order valence-corrected chi connectivity index (χ3v) is 3.28. The van der Waals surface area contributed by atoms with Crippen LogP contribution in [0.15, 0.2) is 4.52 Å². The van der Waals surface area contributed by atoms with Crippen molar-refractivity contribution in [1.82, 2.24) is 15.5 Å². The Hall–Kier alpha value is -0.980. The van der Waals surface area contributed by atoms with Crippen LogP contribution in [-0.2, 0) is 15.9 Å². The molecular formula is C12H21N3O3. The summed E-state index contributed by atoms with van der Waals surface area (Å²) in [4.78, 5) is 4.45. The minimum Gasteiger partial charge on any atom is -0.385 e. The van der Waals surface area contributed by atoms with E-state index in [1.54, 1.807) is 7.11 Å². The van der Waals surface area contributed by atoms with Crippen LogP contribution in [0.5, 0.6) is 0 Å². The second-order valence-corrected chi connectivity index (χ2v) is 4.51. The van der Waals surface area contributed by atoms with Gasteiger partial charge in [-0.05, 0) is 19.9 Å². The third kappa shape index (κ3) is 3.28. The zero-order valence-corrected chi connectivity index (χ0v) is 11.0. The van der Waals surface area contributed by atoms with Gasteiger partial charge in [0, 0.05) is 32.8 Å². The zero-order valence-electron chi connectivity index (χ0n) is 11.0. The summed E-state index contributed by atoms with van der Waals surface area (Å²) in [5.41, 5.74) is 0. The first kappa shape index (κ1) is 13.5. The maximum Gasteiger partial charge on any atom is 0.233 e. The second-order valence-electron chi connectivity index (χ2n) is 4.51. The Balaban J connectivity index is 1.95. The maximum atomic E-state index is 5.49. The molecule has 1 aliphatic rings. The molecule has 0 amide bonds. The van der Waals surface area contributed by atoms with Crippen LogP contribution in [0, 0.1) is 0 Å². The van der Waals surface area contributed by atoms with E-state index in [2.05, 4.69) is 15.5 Å². The van der Waals surface area contributed by atoms with Crippen molar-refractivity contribution in [2.45, 2.75) is 31.2 Å². The molecule has 0 aliphatic carbocycles. The molecular weight excluding hydrogens is 234 g/mol. The summed E-state index contributed by atoms with van der Waals surface area (Å²) in [6.07, 6.45) is 2.67. The summed E-state index contributed by atoms with van der Waals surface area (Å²) in [5.74, 6) is 1.59. The molecule has 2 rings (SSSR count). The number of aryl methyl sites for hydroxylation is 1. The van der Waals surface area contributed by atoms with Gasteiger partial charge >= 0.3 is 0 Å².